The van der Waals surface area contributed by atoms with Crippen molar-refractivity contribution in [2.75, 3.05) is 0 Å². The molecule has 1 aliphatic carbocycles. The molecular formula is C14H28N2O. The Kier molecular flexibility index (Phi) is 5.96. The van der Waals surface area contributed by atoms with Crippen molar-refractivity contribution in [3.8, 4) is 0 Å². The van der Waals surface area contributed by atoms with E-state index < -0.39 is 5.54 Å². The standard InChI is InChI=1S/C14H28N2O/c1-3-4-5-6-9-12(2)16-13(17)14(15)10-7-8-11-14/h12H,3-11,15H2,1-2H3,(H,16,17). The van der Waals surface area contributed by atoms with Crippen LogP contribution in [-0.2, 0) is 4.79 Å². The summed E-state index contributed by atoms with van der Waals surface area (Å²) in [5.41, 5.74) is 5.54. The maximum Gasteiger partial charge on any atom is 0.240 e. The number of nitrogens with two attached hydrogens (primary N) is 1. The largest absolute Gasteiger partial charge is 0.352 e. The van der Waals surface area contributed by atoms with Gasteiger partial charge < -0.3 is 11.1 Å². The zero-order chi connectivity index (χ0) is 12.7. The summed E-state index contributed by atoms with van der Waals surface area (Å²) in [6.45, 7) is 4.30. The van der Waals surface area contributed by atoms with Gasteiger partial charge in [0.1, 0.15) is 0 Å². The molecule has 0 aliphatic heterocycles. The minimum Gasteiger partial charge on any atom is -0.352 e. The molecule has 0 aromatic heterocycles. The van der Waals surface area contributed by atoms with E-state index in [4.69, 9.17) is 5.73 Å². The number of hydrogen-bond acceptors (Lipinski definition) is 2. The first kappa shape index (κ1) is 14.5. The third-order valence-corrected chi connectivity index (χ3v) is 3.82. The Labute approximate surface area is 106 Å². The molecule has 3 N–H and O–H groups in total. The zero-order valence-electron chi connectivity index (χ0n) is 11.4. The Morgan fingerprint density at radius 1 is 1.29 bits per heavy atom. The van der Waals surface area contributed by atoms with Crippen molar-refractivity contribution in [1.29, 1.82) is 0 Å². The summed E-state index contributed by atoms with van der Waals surface area (Å²) < 4.78 is 0. The van der Waals surface area contributed by atoms with Crippen LogP contribution in [0.1, 0.15) is 71.6 Å². The second-order valence-electron chi connectivity index (χ2n) is 5.59. The molecule has 1 atom stereocenters. The molecule has 0 bridgehead atoms. The predicted molar refractivity (Wildman–Crippen MR) is 71.8 cm³/mol. The molecule has 100 valence electrons. The van der Waals surface area contributed by atoms with Crippen LogP contribution >= 0.6 is 0 Å². The van der Waals surface area contributed by atoms with Gasteiger partial charge >= 0.3 is 0 Å². The van der Waals surface area contributed by atoms with Crippen molar-refractivity contribution < 1.29 is 4.79 Å². The van der Waals surface area contributed by atoms with Crippen LogP contribution in [0.2, 0.25) is 0 Å². The summed E-state index contributed by atoms with van der Waals surface area (Å²) in [6.07, 6.45) is 9.97. The maximum atomic E-state index is 12.0. The van der Waals surface area contributed by atoms with Gasteiger partial charge in [0.2, 0.25) is 5.91 Å². The molecule has 3 nitrogen and oxygen atoms in total. The number of amides is 1. The van der Waals surface area contributed by atoms with Crippen LogP contribution in [0, 0.1) is 0 Å². The minimum atomic E-state index is -0.572. The fraction of sp³-hybridized carbons (Fsp3) is 0.929. The van der Waals surface area contributed by atoms with Crippen molar-refractivity contribution in [2.24, 2.45) is 5.73 Å². The topological polar surface area (TPSA) is 55.1 Å². The van der Waals surface area contributed by atoms with Crippen molar-refractivity contribution in [3.63, 3.8) is 0 Å². The molecule has 0 aromatic carbocycles. The highest BCUT2D eigenvalue weighted by Crippen LogP contribution is 2.27. The first-order chi connectivity index (χ1) is 8.08. The van der Waals surface area contributed by atoms with Crippen molar-refractivity contribution in [2.45, 2.75) is 83.2 Å². The molecule has 17 heavy (non-hydrogen) atoms. The number of rotatable bonds is 7. The Bertz CT molecular complexity index is 234. The number of nitrogens with one attached hydrogen (secondary N) is 1. The molecular weight excluding hydrogens is 212 g/mol. The number of carbonyl (C=O) groups excluding carboxylic acids is 1. The van der Waals surface area contributed by atoms with E-state index in [1.807, 2.05) is 0 Å². The lowest BCUT2D eigenvalue weighted by molar-refractivity contribution is -0.126. The van der Waals surface area contributed by atoms with Crippen LogP contribution in [-0.4, -0.2) is 17.5 Å². The maximum absolute atomic E-state index is 12.0. The summed E-state index contributed by atoms with van der Waals surface area (Å²) in [5.74, 6) is 0.0676. The summed E-state index contributed by atoms with van der Waals surface area (Å²) in [6, 6.07) is 0.264. The van der Waals surface area contributed by atoms with Crippen LogP contribution in [0.5, 0.6) is 0 Å². The fourth-order valence-electron chi connectivity index (χ4n) is 2.55. The molecule has 1 aliphatic rings. The van der Waals surface area contributed by atoms with Crippen molar-refractivity contribution in [3.05, 3.63) is 0 Å². The summed E-state index contributed by atoms with van der Waals surface area (Å²) in [4.78, 5) is 12.0. The molecule has 1 unspecified atom stereocenters. The molecule has 1 rings (SSSR count). The average molecular weight is 240 g/mol. The van der Waals surface area contributed by atoms with E-state index in [1.54, 1.807) is 0 Å². The zero-order valence-corrected chi connectivity index (χ0v) is 11.4. The second kappa shape index (κ2) is 7.00. The lowest BCUT2D eigenvalue weighted by Crippen LogP contribution is -2.53. The van der Waals surface area contributed by atoms with Gasteiger partial charge in [0.05, 0.1) is 5.54 Å². The summed E-state index contributed by atoms with van der Waals surface area (Å²) in [7, 11) is 0. The molecule has 0 radical (unpaired) electrons. The first-order valence-corrected chi connectivity index (χ1v) is 7.18. The van der Waals surface area contributed by atoms with E-state index in [-0.39, 0.29) is 11.9 Å². The predicted octanol–water partition coefficient (Wildman–Crippen LogP) is 2.73. The van der Waals surface area contributed by atoms with Crippen molar-refractivity contribution in [1.82, 2.24) is 5.32 Å². The van der Waals surface area contributed by atoms with Crippen LogP contribution in [0.15, 0.2) is 0 Å². The normalized spacial score (nSPS) is 20.2. The number of unbranched alkanes of at least 4 members (excludes halogenated alkanes) is 3. The number of carbonyl (C=O) groups is 1. The van der Waals surface area contributed by atoms with Gasteiger partial charge in [-0.25, -0.2) is 0 Å². The van der Waals surface area contributed by atoms with Crippen LogP contribution in [0.3, 0.4) is 0 Å². The van der Waals surface area contributed by atoms with E-state index in [0.717, 1.165) is 32.1 Å². The lowest BCUT2D eigenvalue weighted by Gasteiger charge is -2.25. The van der Waals surface area contributed by atoms with Gasteiger partial charge in [-0.1, -0.05) is 45.4 Å². The molecule has 0 saturated heterocycles. The Balaban J connectivity index is 2.21. The highest BCUT2D eigenvalue weighted by molar-refractivity contribution is 5.86. The fourth-order valence-corrected chi connectivity index (χ4v) is 2.55. The molecule has 0 aromatic rings. The third kappa shape index (κ3) is 4.66. The van der Waals surface area contributed by atoms with Gasteiger partial charge in [-0.3, -0.25) is 4.79 Å². The molecule has 3 heteroatoms. The number of hydrogen-bond donors (Lipinski definition) is 2. The lowest BCUT2D eigenvalue weighted by atomic mass is 9.97. The summed E-state index contributed by atoms with van der Waals surface area (Å²) >= 11 is 0. The van der Waals surface area contributed by atoms with E-state index in [9.17, 15) is 4.79 Å². The highest BCUT2D eigenvalue weighted by atomic mass is 16.2. The van der Waals surface area contributed by atoms with Crippen LogP contribution in [0.4, 0.5) is 0 Å². The Morgan fingerprint density at radius 2 is 1.94 bits per heavy atom. The molecule has 0 spiro atoms. The monoisotopic (exact) mass is 240 g/mol. The van der Waals surface area contributed by atoms with Gasteiger partial charge in [-0.05, 0) is 26.2 Å². The van der Waals surface area contributed by atoms with Gasteiger partial charge in [0.25, 0.3) is 0 Å². The average Bonchev–Trinajstić information content (AvgIpc) is 2.73. The van der Waals surface area contributed by atoms with Crippen LogP contribution in [0.25, 0.3) is 0 Å². The minimum absolute atomic E-state index is 0.0676. The van der Waals surface area contributed by atoms with Crippen LogP contribution < -0.4 is 11.1 Å². The molecule has 1 fully saturated rings. The van der Waals surface area contributed by atoms with E-state index >= 15 is 0 Å². The van der Waals surface area contributed by atoms with Crippen molar-refractivity contribution >= 4 is 5.91 Å². The molecule has 0 heterocycles. The Morgan fingerprint density at radius 3 is 2.53 bits per heavy atom. The van der Waals surface area contributed by atoms with Gasteiger partial charge in [0.15, 0.2) is 0 Å². The van der Waals surface area contributed by atoms with E-state index in [0.29, 0.717) is 0 Å². The molecule has 1 amide bonds. The smallest absolute Gasteiger partial charge is 0.240 e. The van der Waals surface area contributed by atoms with Gasteiger partial charge in [0, 0.05) is 6.04 Å². The SMILES string of the molecule is CCCCCCC(C)NC(=O)C1(N)CCCC1. The Hall–Kier alpha value is -0.570. The second-order valence-corrected chi connectivity index (χ2v) is 5.59. The molecule has 1 saturated carbocycles. The highest BCUT2D eigenvalue weighted by Gasteiger charge is 2.37. The first-order valence-electron chi connectivity index (χ1n) is 7.18. The van der Waals surface area contributed by atoms with E-state index in [1.165, 1.54) is 25.7 Å². The quantitative estimate of drug-likeness (QED) is 0.672. The van der Waals surface area contributed by atoms with Gasteiger partial charge in [-0.15, -0.1) is 0 Å². The third-order valence-electron chi connectivity index (χ3n) is 3.82. The van der Waals surface area contributed by atoms with E-state index in [2.05, 4.69) is 19.2 Å². The van der Waals surface area contributed by atoms with Gasteiger partial charge in [-0.2, -0.15) is 0 Å². The summed E-state index contributed by atoms with van der Waals surface area (Å²) in [5, 5.41) is 3.08.